The Kier molecular flexibility index (Phi) is 6.41. The lowest BCUT2D eigenvalue weighted by molar-refractivity contribution is 0.0948. The molecule has 1 aliphatic heterocycles. The lowest BCUT2D eigenvalue weighted by Gasteiger charge is -2.23. The Bertz CT molecular complexity index is 900. The normalized spacial score (nSPS) is 14.6. The number of hydrogen-bond donors (Lipinski definition) is 1. The molecule has 0 radical (unpaired) electrons. The van der Waals surface area contributed by atoms with Gasteiger partial charge in [0.05, 0.1) is 23.3 Å². The van der Waals surface area contributed by atoms with Gasteiger partial charge in [-0.3, -0.25) is 4.79 Å². The number of rotatable bonds is 8. The molecule has 1 aromatic carbocycles. The molecule has 8 heteroatoms. The van der Waals surface area contributed by atoms with E-state index in [1.54, 1.807) is 44.4 Å². The number of hydrogen-bond acceptors (Lipinski definition) is 5. The molecule has 0 bridgehead atoms. The number of amides is 1. The van der Waals surface area contributed by atoms with Crippen molar-refractivity contribution in [2.45, 2.75) is 38.1 Å². The van der Waals surface area contributed by atoms with Crippen molar-refractivity contribution >= 4 is 21.6 Å². The summed E-state index contributed by atoms with van der Waals surface area (Å²) in [6, 6.07) is 8.39. The number of anilines is 1. The van der Waals surface area contributed by atoms with Crippen molar-refractivity contribution in [2.75, 3.05) is 31.1 Å². The maximum Gasteiger partial charge on any atom is 0.253 e. The first-order chi connectivity index (χ1) is 13.5. The van der Waals surface area contributed by atoms with Gasteiger partial charge in [-0.05, 0) is 43.2 Å². The number of furan rings is 1. The van der Waals surface area contributed by atoms with Crippen LogP contribution in [0.25, 0.3) is 0 Å². The molecule has 0 unspecified atom stereocenters. The Balaban J connectivity index is 1.94. The molecule has 1 fully saturated rings. The van der Waals surface area contributed by atoms with Gasteiger partial charge in [0.1, 0.15) is 5.76 Å². The molecule has 0 spiro atoms. The van der Waals surface area contributed by atoms with Crippen LogP contribution in [0.2, 0.25) is 0 Å². The third kappa shape index (κ3) is 4.23. The van der Waals surface area contributed by atoms with Gasteiger partial charge in [-0.25, -0.2) is 8.42 Å². The van der Waals surface area contributed by atoms with Gasteiger partial charge in [-0.2, -0.15) is 4.31 Å². The SMILES string of the molecule is CCN(CC)S(=O)(=O)c1ccc(N2CCCC2)c(C(=O)NCc2ccco2)c1. The van der Waals surface area contributed by atoms with E-state index < -0.39 is 10.0 Å². The summed E-state index contributed by atoms with van der Waals surface area (Å²) in [5, 5.41) is 2.83. The van der Waals surface area contributed by atoms with E-state index in [4.69, 9.17) is 4.42 Å². The average Bonchev–Trinajstić information content (AvgIpc) is 3.40. The van der Waals surface area contributed by atoms with Gasteiger partial charge in [0.15, 0.2) is 0 Å². The Labute approximate surface area is 166 Å². The third-order valence-electron chi connectivity index (χ3n) is 5.01. The van der Waals surface area contributed by atoms with E-state index in [2.05, 4.69) is 10.2 Å². The van der Waals surface area contributed by atoms with Crippen molar-refractivity contribution < 1.29 is 17.6 Å². The predicted molar refractivity (Wildman–Crippen MR) is 108 cm³/mol. The van der Waals surface area contributed by atoms with Gasteiger partial charge in [0.25, 0.3) is 5.91 Å². The van der Waals surface area contributed by atoms with E-state index in [-0.39, 0.29) is 17.3 Å². The van der Waals surface area contributed by atoms with Gasteiger partial charge >= 0.3 is 0 Å². The van der Waals surface area contributed by atoms with Crippen LogP contribution in [0.5, 0.6) is 0 Å². The van der Waals surface area contributed by atoms with Crippen LogP contribution in [0, 0.1) is 0 Å². The lowest BCUT2D eigenvalue weighted by atomic mass is 10.1. The number of carbonyl (C=O) groups excluding carboxylic acids is 1. The van der Waals surface area contributed by atoms with Crippen molar-refractivity contribution in [3.8, 4) is 0 Å². The lowest BCUT2D eigenvalue weighted by Crippen LogP contribution is -2.31. The smallest absolute Gasteiger partial charge is 0.253 e. The topological polar surface area (TPSA) is 82.9 Å². The standard InChI is InChI=1S/C20H27N3O4S/c1-3-23(4-2)28(25,26)17-9-10-19(22-11-5-6-12-22)18(14-17)20(24)21-15-16-8-7-13-27-16/h7-10,13-14H,3-6,11-12,15H2,1-2H3,(H,21,24). The second-order valence-electron chi connectivity index (χ2n) is 6.72. The van der Waals surface area contributed by atoms with E-state index in [9.17, 15) is 13.2 Å². The highest BCUT2D eigenvalue weighted by Gasteiger charge is 2.26. The van der Waals surface area contributed by atoms with Crippen LogP contribution in [0.1, 0.15) is 42.8 Å². The Morgan fingerprint density at radius 1 is 1.18 bits per heavy atom. The summed E-state index contributed by atoms with van der Waals surface area (Å²) in [5.41, 5.74) is 1.15. The van der Waals surface area contributed by atoms with Gasteiger partial charge < -0.3 is 14.6 Å². The quantitative estimate of drug-likeness (QED) is 0.730. The third-order valence-corrected chi connectivity index (χ3v) is 7.05. The summed E-state index contributed by atoms with van der Waals surface area (Å²) >= 11 is 0. The van der Waals surface area contributed by atoms with Crippen LogP contribution in [0.4, 0.5) is 5.69 Å². The summed E-state index contributed by atoms with van der Waals surface area (Å²) in [7, 11) is -3.64. The highest BCUT2D eigenvalue weighted by molar-refractivity contribution is 7.89. The fourth-order valence-electron chi connectivity index (χ4n) is 3.48. The summed E-state index contributed by atoms with van der Waals surface area (Å²) in [4.78, 5) is 15.2. The minimum Gasteiger partial charge on any atom is -0.467 e. The highest BCUT2D eigenvalue weighted by Crippen LogP contribution is 2.28. The first-order valence-electron chi connectivity index (χ1n) is 9.67. The summed E-state index contributed by atoms with van der Waals surface area (Å²) in [6.07, 6.45) is 3.67. The molecular weight excluding hydrogens is 378 g/mol. The molecule has 3 rings (SSSR count). The van der Waals surface area contributed by atoms with Crippen LogP contribution >= 0.6 is 0 Å². The molecule has 152 valence electrons. The number of nitrogens with one attached hydrogen (secondary N) is 1. The maximum atomic E-state index is 12.9. The molecule has 2 heterocycles. The molecule has 1 saturated heterocycles. The number of sulfonamides is 1. The second-order valence-corrected chi connectivity index (χ2v) is 8.66. The summed E-state index contributed by atoms with van der Waals surface area (Å²) < 4.78 is 32.5. The zero-order valence-electron chi connectivity index (χ0n) is 16.3. The molecule has 2 aromatic rings. The first-order valence-corrected chi connectivity index (χ1v) is 11.1. The fourth-order valence-corrected chi connectivity index (χ4v) is 4.96. The number of carbonyl (C=O) groups is 1. The van der Waals surface area contributed by atoms with Gasteiger partial charge in [0, 0.05) is 31.9 Å². The molecule has 28 heavy (non-hydrogen) atoms. The molecule has 0 aliphatic carbocycles. The molecule has 0 saturated carbocycles. The number of nitrogens with zero attached hydrogens (tertiary/aromatic N) is 2. The molecule has 1 N–H and O–H groups in total. The molecule has 1 aliphatic rings. The highest BCUT2D eigenvalue weighted by atomic mass is 32.2. The molecule has 7 nitrogen and oxygen atoms in total. The Hall–Kier alpha value is -2.32. The Morgan fingerprint density at radius 2 is 1.89 bits per heavy atom. The average molecular weight is 406 g/mol. The largest absolute Gasteiger partial charge is 0.467 e. The molecule has 0 atom stereocenters. The van der Waals surface area contributed by atoms with Crippen molar-refractivity contribution in [1.29, 1.82) is 0 Å². The van der Waals surface area contributed by atoms with Crippen LogP contribution in [0.3, 0.4) is 0 Å². The van der Waals surface area contributed by atoms with E-state index in [0.29, 0.717) is 24.4 Å². The maximum absolute atomic E-state index is 12.9. The van der Waals surface area contributed by atoms with Crippen molar-refractivity contribution in [3.63, 3.8) is 0 Å². The predicted octanol–water partition coefficient (Wildman–Crippen LogP) is 2.84. The van der Waals surface area contributed by atoms with Crippen molar-refractivity contribution in [1.82, 2.24) is 9.62 Å². The molecular formula is C20H27N3O4S. The van der Waals surface area contributed by atoms with Crippen LogP contribution < -0.4 is 10.2 Å². The molecule has 1 amide bonds. The summed E-state index contributed by atoms with van der Waals surface area (Å²) in [5.74, 6) is 0.331. The van der Waals surface area contributed by atoms with Crippen molar-refractivity contribution in [3.05, 3.63) is 47.9 Å². The van der Waals surface area contributed by atoms with E-state index in [1.165, 1.54) is 10.4 Å². The van der Waals surface area contributed by atoms with Gasteiger partial charge in [0.2, 0.25) is 10.0 Å². The molecule has 1 aromatic heterocycles. The van der Waals surface area contributed by atoms with E-state index >= 15 is 0 Å². The number of benzene rings is 1. The van der Waals surface area contributed by atoms with Crippen molar-refractivity contribution in [2.24, 2.45) is 0 Å². The summed E-state index contributed by atoms with van der Waals surface area (Å²) in [6.45, 7) is 6.34. The van der Waals surface area contributed by atoms with Gasteiger partial charge in [-0.1, -0.05) is 13.8 Å². The van der Waals surface area contributed by atoms with E-state index in [0.717, 1.165) is 31.6 Å². The second kappa shape index (κ2) is 8.79. The van der Waals surface area contributed by atoms with Crippen LogP contribution in [0.15, 0.2) is 45.9 Å². The zero-order valence-corrected chi connectivity index (χ0v) is 17.2. The van der Waals surface area contributed by atoms with Crippen LogP contribution in [-0.2, 0) is 16.6 Å². The Morgan fingerprint density at radius 3 is 2.50 bits per heavy atom. The zero-order chi connectivity index (χ0) is 20.1. The monoisotopic (exact) mass is 405 g/mol. The first kappa shape index (κ1) is 20.4. The van der Waals surface area contributed by atoms with Crippen LogP contribution in [-0.4, -0.2) is 44.8 Å². The minimum absolute atomic E-state index is 0.141. The van der Waals surface area contributed by atoms with Gasteiger partial charge in [-0.15, -0.1) is 0 Å². The fraction of sp³-hybridized carbons (Fsp3) is 0.450. The minimum atomic E-state index is -3.64. The van der Waals surface area contributed by atoms with E-state index in [1.807, 2.05) is 0 Å².